The van der Waals surface area contributed by atoms with Crippen molar-refractivity contribution in [3.63, 3.8) is 0 Å². The molecule has 0 atom stereocenters. The van der Waals surface area contributed by atoms with E-state index in [2.05, 4.69) is 25.9 Å². The monoisotopic (exact) mass is 273 g/mol. The molecule has 0 bridgehead atoms. The predicted molar refractivity (Wildman–Crippen MR) is 53.8 cm³/mol. The molecule has 1 heterocycles. The Hall–Kier alpha value is -0.251. The molecule has 0 aliphatic heterocycles. The van der Waals surface area contributed by atoms with Crippen LogP contribution < -0.4 is 8.32 Å². The Labute approximate surface area is 77.8 Å². The molecule has 0 radical (unpaired) electrons. The molecule has 0 unspecified atom stereocenters. The SMILES string of the molecule is COc1nccc[c]1[Sn]([CH3])([CH3])[CH3]. The van der Waals surface area contributed by atoms with Gasteiger partial charge in [0.05, 0.1) is 0 Å². The van der Waals surface area contributed by atoms with Gasteiger partial charge in [-0.25, -0.2) is 0 Å². The van der Waals surface area contributed by atoms with Crippen LogP contribution in [0.2, 0.25) is 14.8 Å². The number of nitrogens with zero attached hydrogens (tertiary/aromatic N) is 1. The first-order chi connectivity index (χ1) is 5.55. The zero-order valence-corrected chi connectivity index (χ0v) is 10.9. The van der Waals surface area contributed by atoms with Crippen LogP contribution in [-0.2, 0) is 0 Å². The van der Waals surface area contributed by atoms with Crippen molar-refractivity contribution < 1.29 is 4.74 Å². The maximum absolute atomic E-state index is 5.21. The van der Waals surface area contributed by atoms with Gasteiger partial charge in [0.2, 0.25) is 0 Å². The number of aromatic nitrogens is 1. The first-order valence-corrected chi connectivity index (χ1v) is 14.0. The van der Waals surface area contributed by atoms with E-state index in [0.717, 1.165) is 5.88 Å². The van der Waals surface area contributed by atoms with Crippen molar-refractivity contribution in [3.05, 3.63) is 18.3 Å². The minimum atomic E-state index is -1.99. The van der Waals surface area contributed by atoms with Crippen LogP contribution in [0.1, 0.15) is 0 Å². The number of ether oxygens (including phenoxy) is 1. The molecule has 3 heteroatoms. The van der Waals surface area contributed by atoms with Gasteiger partial charge >= 0.3 is 77.8 Å². The van der Waals surface area contributed by atoms with E-state index in [1.54, 1.807) is 13.3 Å². The van der Waals surface area contributed by atoms with Crippen LogP contribution in [0.5, 0.6) is 5.88 Å². The van der Waals surface area contributed by atoms with Crippen molar-refractivity contribution in [1.29, 1.82) is 0 Å². The zero-order chi connectivity index (χ0) is 9.19. The molecule has 66 valence electrons. The van der Waals surface area contributed by atoms with E-state index in [1.165, 1.54) is 3.58 Å². The molecular weight excluding hydrogens is 257 g/mol. The van der Waals surface area contributed by atoms with Crippen molar-refractivity contribution in [2.75, 3.05) is 7.11 Å². The van der Waals surface area contributed by atoms with Crippen LogP contribution in [-0.4, -0.2) is 30.5 Å². The third kappa shape index (κ3) is 2.12. The standard InChI is InChI=1S/C6H6NO.3CH3.Sn/c1-8-6-4-2-3-5-7-6;;;;/h2-3,5H,1H3;3*1H3;. The van der Waals surface area contributed by atoms with Crippen LogP contribution in [0, 0.1) is 0 Å². The Morgan fingerprint density at radius 1 is 1.33 bits per heavy atom. The molecule has 2 nitrogen and oxygen atoms in total. The van der Waals surface area contributed by atoms with Gasteiger partial charge in [0.25, 0.3) is 0 Å². The van der Waals surface area contributed by atoms with Gasteiger partial charge in [0.1, 0.15) is 0 Å². The van der Waals surface area contributed by atoms with Crippen LogP contribution >= 0.6 is 0 Å². The molecule has 0 N–H and O–H groups in total. The van der Waals surface area contributed by atoms with Crippen molar-refractivity contribution in [3.8, 4) is 5.88 Å². The zero-order valence-electron chi connectivity index (χ0n) is 8.09. The van der Waals surface area contributed by atoms with Gasteiger partial charge in [-0.2, -0.15) is 0 Å². The fourth-order valence-corrected chi connectivity index (χ4v) is 5.13. The molecule has 0 saturated heterocycles. The molecule has 0 aliphatic rings. The third-order valence-electron chi connectivity index (χ3n) is 1.77. The molecule has 0 fully saturated rings. The molecule has 1 rings (SSSR count). The Kier molecular flexibility index (Phi) is 2.98. The Balaban J connectivity index is 3.14. The summed E-state index contributed by atoms with van der Waals surface area (Å²) in [4.78, 5) is 11.3. The third-order valence-corrected chi connectivity index (χ3v) is 7.47. The van der Waals surface area contributed by atoms with Gasteiger partial charge in [-0.15, -0.1) is 0 Å². The first kappa shape index (κ1) is 9.83. The van der Waals surface area contributed by atoms with E-state index in [4.69, 9.17) is 4.74 Å². The summed E-state index contributed by atoms with van der Waals surface area (Å²) in [6.45, 7) is 0. The molecule has 0 saturated carbocycles. The Morgan fingerprint density at radius 2 is 2.00 bits per heavy atom. The van der Waals surface area contributed by atoms with Crippen molar-refractivity contribution in [2.45, 2.75) is 14.8 Å². The minimum absolute atomic E-state index is 0.820. The van der Waals surface area contributed by atoms with Crippen LogP contribution in [0.4, 0.5) is 0 Å². The number of rotatable bonds is 2. The molecule has 0 aliphatic carbocycles. The summed E-state index contributed by atoms with van der Waals surface area (Å²) in [6, 6.07) is 4.13. The van der Waals surface area contributed by atoms with E-state index < -0.39 is 18.4 Å². The van der Waals surface area contributed by atoms with Gasteiger partial charge < -0.3 is 0 Å². The normalized spacial score (nSPS) is 11.3. The van der Waals surface area contributed by atoms with Crippen molar-refractivity contribution in [2.24, 2.45) is 0 Å². The predicted octanol–water partition coefficient (Wildman–Crippen LogP) is 1.64. The second-order valence-electron chi connectivity index (χ2n) is 3.81. The average molecular weight is 272 g/mol. The van der Waals surface area contributed by atoms with Gasteiger partial charge in [-0.3, -0.25) is 0 Å². The Bertz CT molecular complexity index is 267. The summed E-state index contributed by atoms with van der Waals surface area (Å²) in [5.41, 5.74) is 0. The van der Waals surface area contributed by atoms with E-state index in [-0.39, 0.29) is 0 Å². The van der Waals surface area contributed by atoms with Crippen molar-refractivity contribution >= 4 is 22.0 Å². The second-order valence-corrected chi connectivity index (χ2v) is 18.2. The van der Waals surface area contributed by atoms with Crippen molar-refractivity contribution in [1.82, 2.24) is 4.98 Å². The summed E-state index contributed by atoms with van der Waals surface area (Å²) >= 11 is -1.99. The quantitative estimate of drug-likeness (QED) is 0.763. The van der Waals surface area contributed by atoms with Gasteiger partial charge in [0.15, 0.2) is 0 Å². The van der Waals surface area contributed by atoms with Gasteiger partial charge in [-0.1, -0.05) is 0 Å². The average Bonchev–Trinajstić information content (AvgIpc) is 2.03. The van der Waals surface area contributed by atoms with Gasteiger partial charge in [-0.05, 0) is 0 Å². The topological polar surface area (TPSA) is 22.1 Å². The fraction of sp³-hybridized carbons (Fsp3) is 0.444. The number of methoxy groups -OCH3 is 1. The summed E-state index contributed by atoms with van der Waals surface area (Å²) in [6.07, 6.45) is 1.78. The second kappa shape index (κ2) is 3.64. The van der Waals surface area contributed by atoms with E-state index in [0.29, 0.717) is 0 Å². The van der Waals surface area contributed by atoms with E-state index in [1.807, 2.05) is 6.07 Å². The van der Waals surface area contributed by atoms with Crippen LogP contribution in [0.25, 0.3) is 0 Å². The summed E-state index contributed by atoms with van der Waals surface area (Å²) in [5.74, 6) is 0.820. The van der Waals surface area contributed by atoms with E-state index in [9.17, 15) is 0 Å². The fourth-order valence-electron chi connectivity index (χ4n) is 1.12. The van der Waals surface area contributed by atoms with Gasteiger partial charge in [0, 0.05) is 0 Å². The molecule has 0 aromatic carbocycles. The van der Waals surface area contributed by atoms with Crippen LogP contribution in [0.15, 0.2) is 18.3 Å². The molecular formula is C9H15NOSn. The molecule has 0 spiro atoms. The summed E-state index contributed by atoms with van der Waals surface area (Å²) in [5, 5.41) is 0. The molecule has 0 amide bonds. The molecule has 1 aromatic heterocycles. The van der Waals surface area contributed by atoms with Crippen LogP contribution in [0.3, 0.4) is 0 Å². The Morgan fingerprint density at radius 3 is 2.42 bits per heavy atom. The first-order valence-electron chi connectivity index (χ1n) is 4.05. The summed E-state index contributed by atoms with van der Waals surface area (Å²) < 4.78 is 6.57. The number of hydrogen-bond donors (Lipinski definition) is 0. The summed E-state index contributed by atoms with van der Waals surface area (Å²) in [7, 11) is 1.68. The maximum atomic E-state index is 5.21. The molecule has 12 heavy (non-hydrogen) atoms. The molecule has 1 aromatic rings. The number of hydrogen-bond acceptors (Lipinski definition) is 2. The number of pyridine rings is 1. The van der Waals surface area contributed by atoms with E-state index >= 15 is 0 Å².